The van der Waals surface area contributed by atoms with Gasteiger partial charge in [-0.2, -0.15) is 0 Å². The number of anilines is 2. The van der Waals surface area contributed by atoms with E-state index in [1.54, 1.807) is 30.5 Å². The topological polar surface area (TPSA) is 89.5 Å². The normalized spacial score (nSPS) is 13.3. The zero-order valence-corrected chi connectivity index (χ0v) is 18.2. The number of hydrogen-bond donors (Lipinski definition) is 2. The maximum Gasteiger partial charge on any atom is 0.411 e. The highest BCUT2D eigenvalue weighted by molar-refractivity contribution is 7.98. The third kappa shape index (κ3) is 6.05. The second-order valence-corrected chi connectivity index (χ2v) is 9.33. The number of aromatic nitrogens is 1. The number of fused-ring (bicyclic) bond motifs is 1. The van der Waals surface area contributed by atoms with Crippen molar-refractivity contribution in [1.29, 1.82) is 0 Å². The van der Waals surface area contributed by atoms with Gasteiger partial charge in [0.1, 0.15) is 23.9 Å². The van der Waals surface area contributed by atoms with Gasteiger partial charge in [-0.25, -0.2) is 9.78 Å². The molecule has 1 aromatic heterocycles. The van der Waals surface area contributed by atoms with Gasteiger partial charge in [-0.3, -0.25) is 10.1 Å². The number of amides is 2. The minimum absolute atomic E-state index is 0.0659. The van der Waals surface area contributed by atoms with Crippen LogP contribution in [0, 0.1) is 0 Å². The van der Waals surface area contributed by atoms with Crippen LogP contribution in [0.5, 0.6) is 11.5 Å². The number of hydrogen-bond acceptors (Lipinski definition) is 6. The minimum Gasteiger partial charge on any atom is -0.457 e. The first-order valence-electron chi connectivity index (χ1n) is 8.39. The monoisotopic (exact) mass is 475 g/mol. The molecule has 1 aliphatic rings. The Hall–Kier alpha value is -1.87. The van der Waals surface area contributed by atoms with Crippen molar-refractivity contribution in [2.45, 2.75) is 21.5 Å². The Labute approximate surface area is 186 Å². The third-order valence-corrected chi connectivity index (χ3v) is 4.98. The fraction of sp³-hybridized carbons (Fsp3) is 0.278. The zero-order valence-electron chi connectivity index (χ0n) is 15.1. The predicted octanol–water partition coefficient (Wildman–Crippen LogP) is 5.40. The molecule has 1 aromatic carbocycles. The molecule has 0 saturated heterocycles. The van der Waals surface area contributed by atoms with Gasteiger partial charge in [0.2, 0.25) is 9.70 Å². The number of benzene rings is 1. The lowest BCUT2D eigenvalue weighted by molar-refractivity contribution is -0.116. The highest BCUT2D eigenvalue weighted by atomic mass is 35.6. The van der Waals surface area contributed by atoms with E-state index in [9.17, 15) is 9.59 Å². The van der Waals surface area contributed by atoms with Gasteiger partial charge in [-0.1, -0.05) is 34.8 Å². The summed E-state index contributed by atoms with van der Waals surface area (Å²) in [6, 6.07) is 6.92. The molecule has 0 radical (unpaired) electrons. The molecular formula is C18H16Cl3N3O4S. The quantitative estimate of drug-likeness (QED) is 0.444. The summed E-state index contributed by atoms with van der Waals surface area (Å²) in [6.45, 7) is -0.372. The number of thioether (sulfide) groups is 1. The van der Waals surface area contributed by atoms with E-state index in [-0.39, 0.29) is 12.5 Å². The molecule has 2 amide bonds. The summed E-state index contributed by atoms with van der Waals surface area (Å²) in [6.07, 6.45) is 3.63. The maximum atomic E-state index is 11.9. The lowest BCUT2D eigenvalue weighted by Gasteiger charge is -2.19. The Bertz CT molecular complexity index is 937. The lowest BCUT2D eigenvalue weighted by atomic mass is 10.1. The zero-order chi connectivity index (χ0) is 21.0. The van der Waals surface area contributed by atoms with Crippen molar-refractivity contribution < 1.29 is 19.1 Å². The predicted molar refractivity (Wildman–Crippen MR) is 115 cm³/mol. The number of alkyl halides is 3. The van der Waals surface area contributed by atoms with Crippen LogP contribution in [0.2, 0.25) is 0 Å². The van der Waals surface area contributed by atoms with Gasteiger partial charge in [-0.05, 0) is 36.9 Å². The number of carbonyl (C=O) groups is 2. The summed E-state index contributed by atoms with van der Waals surface area (Å²) in [5.41, 5.74) is 1.37. The van der Waals surface area contributed by atoms with Crippen LogP contribution in [0.4, 0.5) is 16.3 Å². The average Bonchev–Trinajstić information content (AvgIpc) is 2.67. The molecule has 29 heavy (non-hydrogen) atoms. The first kappa shape index (κ1) is 21.8. The van der Waals surface area contributed by atoms with E-state index < -0.39 is 9.89 Å². The number of ether oxygens (including phenoxy) is 2. The number of halogens is 3. The van der Waals surface area contributed by atoms with Gasteiger partial charge in [0.25, 0.3) is 0 Å². The van der Waals surface area contributed by atoms with E-state index in [1.807, 2.05) is 6.26 Å². The summed E-state index contributed by atoms with van der Waals surface area (Å²) in [4.78, 5) is 28.4. The summed E-state index contributed by atoms with van der Waals surface area (Å²) < 4.78 is 9.20. The van der Waals surface area contributed by atoms with Crippen molar-refractivity contribution in [3.05, 3.63) is 36.0 Å². The smallest absolute Gasteiger partial charge is 0.411 e. The van der Waals surface area contributed by atoms with E-state index in [4.69, 9.17) is 44.3 Å². The standard InChI is InChI=1S/C18H16Cl3N3O4S/c1-29-14-8-10(2-4-12(14)23-17(26)27-9-18(19,20)21)28-13-6-7-22-16-11(13)3-5-15(25)24-16/h2,4,6-8H,3,5,9H2,1H3,(H,23,26)(H,22,24,25). The molecule has 3 rings (SSSR count). The first-order chi connectivity index (χ1) is 13.7. The molecule has 0 saturated carbocycles. The van der Waals surface area contributed by atoms with Crippen molar-refractivity contribution in [1.82, 2.24) is 4.98 Å². The number of nitrogens with one attached hydrogen (secondary N) is 2. The van der Waals surface area contributed by atoms with Crippen molar-refractivity contribution in [2.24, 2.45) is 0 Å². The fourth-order valence-electron chi connectivity index (χ4n) is 2.61. The molecule has 11 heteroatoms. The van der Waals surface area contributed by atoms with Crippen LogP contribution in [0.3, 0.4) is 0 Å². The average molecular weight is 477 g/mol. The number of pyridine rings is 1. The molecule has 0 fully saturated rings. The Balaban J connectivity index is 1.74. The molecule has 2 aromatic rings. The van der Waals surface area contributed by atoms with Crippen LogP contribution in [0.15, 0.2) is 35.4 Å². The van der Waals surface area contributed by atoms with Crippen LogP contribution in [-0.2, 0) is 16.0 Å². The van der Waals surface area contributed by atoms with E-state index in [0.717, 1.165) is 10.5 Å². The lowest BCUT2D eigenvalue weighted by Crippen LogP contribution is -2.21. The summed E-state index contributed by atoms with van der Waals surface area (Å²) in [5, 5.41) is 5.35. The molecule has 0 bridgehead atoms. The largest absolute Gasteiger partial charge is 0.457 e. The molecule has 154 valence electrons. The van der Waals surface area contributed by atoms with Gasteiger partial charge >= 0.3 is 6.09 Å². The van der Waals surface area contributed by atoms with E-state index in [0.29, 0.717) is 35.8 Å². The second-order valence-electron chi connectivity index (χ2n) is 5.96. The van der Waals surface area contributed by atoms with Crippen LogP contribution >= 0.6 is 46.6 Å². The Kier molecular flexibility index (Phi) is 7.00. The van der Waals surface area contributed by atoms with Gasteiger partial charge in [0.05, 0.1) is 5.69 Å². The van der Waals surface area contributed by atoms with Crippen molar-refractivity contribution in [3.63, 3.8) is 0 Å². The maximum absolute atomic E-state index is 11.9. The Morgan fingerprint density at radius 2 is 2.10 bits per heavy atom. The van der Waals surface area contributed by atoms with Crippen LogP contribution < -0.4 is 15.4 Å². The molecule has 0 spiro atoms. The minimum atomic E-state index is -1.68. The van der Waals surface area contributed by atoms with Crippen molar-refractivity contribution in [3.8, 4) is 11.5 Å². The van der Waals surface area contributed by atoms with E-state index >= 15 is 0 Å². The highest BCUT2D eigenvalue weighted by Crippen LogP contribution is 2.36. The molecule has 7 nitrogen and oxygen atoms in total. The number of carbonyl (C=O) groups excluding carboxylic acids is 2. The summed E-state index contributed by atoms with van der Waals surface area (Å²) in [5.74, 6) is 1.63. The van der Waals surface area contributed by atoms with Gasteiger partial charge in [0, 0.05) is 23.1 Å². The first-order valence-corrected chi connectivity index (χ1v) is 10.7. The summed E-state index contributed by atoms with van der Waals surface area (Å²) >= 11 is 18.1. The Morgan fingerprint density at radius 3 is 2.83 bits per heavy atom. The second kappa shape index (κ2) is 9.30. The van der Waals surface area contributed by atoms with Crippen molar-refractivity contribution in [2.75, 3.05) is 23.5 Å². The SMILES string of the molecule is CSc1cc(Oc2ccnc3c2CCC(=O)N3)ccc1NC(=O)OCC(Cl)(Cl)Cl. The molecule has 0 atom stereocenters. The van der Waals surface area contributed by atoms with Crippen LogP contribution in [-0.4, -0.2) is 33.6 Å². The van der Waals surface area contributed by atoms with Gasteiger partial charge in [-0.15, -0.1) is 11.8 Å². The fourth-order valence-corrected chi connectivity index (χ4v) is 3.35. The van der Waals surface area contributed by atoms with Gasteiger partial charge in [0.15, 0.2) is 0 Å². The van der Waals surface area contributed by atoms with Crippen molar-refractivity contribution >= 4 is 70.1 Å². The number of nitrogens with zero attached hydrogens (tertiary/aromatic N) is 1. The van der Waals surface area contributed by atoms with Gasteiger partial charge < -0.3 is 14.8 Å². The molecule has 2 heterocycles. The van der Waals surface area contributed by atoms with Crippen LogP contribution in [0.1, 0.15) is 12.0 Å². The molecule has 2 N–H and O–H groups in total. The molecule has 1 aliphatic heterocycles. The van der Waals surface area contributed by atoms with Crippen LogP contribution in [0.25, 0.3) is 0 Å². The molecular weight excluding hydrogens is 461 g/mol. The van der Waals surface area contributed by atoms with E-state index in [1.165, 1.54) is 11.8 Å². The molecule has 0 aliphatic carbocycles. The highest BCUT2D eigenvalue weighted by Gasteiger charge is 2.23. The molecule has 0 unspecified atom stereocenters. The Morgan fingerprint density at radius 1 is 1.31 bits per heavy atom. The summed E-state index contributed by atoms with van der Waals surface area (Å²) in [7, 11) is 0. The third-order valence-electron chi connectivity index (χ3n) is 3.88. The number of rotatable bonds is 5. The van der Waals surface area contributed by atoms with E-state index in [2.05, 4.69) is 15.6 Å².